The highest BCUT2D eigenvalue weighted by Gasteiger charge is 2.32. The molecule has 3 rings (SSSR count). The van der Waals surface area contributed by atoms with Crippen LogP contribution in [0.2, 0.25) is 0 Å². The van der Waals surface area contributed by atoms with Crippen LogP contribution in [-0.4, -0.2) is 41.2 Å². The summed E-state index contributed by atoms with van der Waals surface area (Å²) in [6, 6.07) is 0.376. The Morgan fingerprint density at radius 1 is 1.29 bits per heavy atom. The summed E-state index contributed by atoms with van der Waals surface area (Å²) in [6.07, 6.45) is 5.02. The second kappa shape index (κ2) is 7.56. The van der Waals surface area contributed by atoms with Gasteiger partial charge in [-0.05, 0) is 51.2 Å². The summed E-state index contributed by atoms with van der Waals surface area (Å²) >= 11 is 0. The first-order valence-electron chi connectivity index (χ1n) is 8.02. The highest BCUT2D eigenvalue weighted by atomic mass is 35.5. The molecule has 0 aromatic carbocycles. The Kier molecular flexibility index (Phi) is 6.02. The van der Waals surface area contributed by atoms with Gasteiger partial charge >= 0.3 is 0 Å². The first-order valence-corrected chi connectivity index (χ1v) is 8.02. The van der Waals surface area contributed by atoms with E-state index >= 15 is 0 Å². The molecule has 1 atom stereocenters. The number of hydrogen-bond acceptors (Lipinski definition) is 5. The molecule has 3 heterocycles. The molecular weight excluding hydrogens is 288 g/mol. The molecule has 2 fully saturated rings. The van der Waals surface area contributed by atoms with Crippen molar-refractivity contribution in [3.05, 3.63) is 11.7 Å². The number of aromatic nitrogens is 2. The smallest absolute Gasteiger partial charge is 0.229 e. The van der Waals surface area contributed by atoms with Crippen LogP contribution in [0, 0.1) is 5.92 Å². The van der Waals surface area contributed by atoms with Gasteiger partial charge in [0.1, 0.15) is 0 Å². The average Bonchev–Trinajstić information content (AvgIpc) is 3.08. The fourth-order valence-electron chi connectivity index (χ4n) is 3.35. The van der Waals surface area contributed by atoms with E-state index in [4.69, 9.17) is 4.52 Å². The van der Waals surface area contributed by atoms with Gasteiger partial charge in [0, 0.05) is 12.5 Å². The van der Waals surface area contributed by atoms with Crippen molar-refractivity contribution in [2.45, 2.75) is 51.5 Å². The van der Waals surface area contributed by atoms with Crippen LogP contribution < -0.4 is 5.32 Å². The Hall–Kier alpha value is -0.650. The van der Waals surface area contributed by atoms with Gasteiger partial charge in [-0.25, -0.2) is 0 Å². The molecule has 21 heavy (non-hydrogen) atoms. The molecule has 0 bridgehead atoms. The molecule has 0 saturated carbocycles. The van der Waals surface area contributed by atoms with Crippen LogP contribution in [0.25, 0.3) is 0 Å². The summed E-state index contributed by atoms with van der Waals surface area (Å²) in [5, 5.41) is 7.66. The fraction of sp³-hybridized carbons (Fsp3) is 0.867. The minimum atomic E-state index is 0. The zero-order valence-corrected chi connectivity index (χ0v) is 13.9. The second-order valence-electron chi connectivity index (χ2n) is 6.49. The van der Waals surface area contributed by atoms with Gasteiger partial charge in [-0.2, -0.15) is 4.98 Å². The molecule has 2 aliphatic rings. The van der Waals surface area contributed by atoms with Gasteiger partial charge < -0.3 is 9.84 Å². The van der Waals surface area contributed by atoms with Gasteiger partial charge in [0.05, 0.1) is 6.04 Å². The van der Waals surface area contributed by atoms with Gasteiger partial charge in [-0.15, -0.1) is 12.4 Å². The highest BCUT2D eigenvalue weighted by molar-refractivity contribution is 5.85. The monoisotopic (exact) mass is 314 g/mol. The van der Waals surface area contributed by atoms with Gasteiger partial charge in [0.2, 0.25) is 5.89 Å². The molecule has 1 aromatic rings. The van der Waals surface area contributed by atoms with Crippen LogP contribution in [0.3, 0.4) is 0 Å². The van der Waals surface area contributed by atoms with Crippen molar-refractivity contribution in [1.82, 2.24) is 20.4 Å². The first-order chi connectivity index (χ1) is 9.74. The molecule has 0 amide bonds. The van der Waals surface area contributed by atoms with Crippen LogP contribution in [-0.2, 0) is 0 Å². The van der Waals surface area contributed by atoms with Crippen molar-refractivity contribution >= 4 is 12.4 Å². The number of halogens is 1. The average molecular weight is 315 g/mol. The van der Waals surface area contributed by atoms with Gasteiger partial charge in [0.25, 0.3) is 0 Å². The van der Waals surface area contributed by atoms with Gasteiger partial charge in [-0.3, -0.25) is 4.90 Å². The lowest BCUT2D eigenvalue weighted by Gasteiger charge is -2.30. The topological polar surface area (TPSA) is 54.2 Å². The Bertz CT molecular complexity index is 431. The van der Waals surface area contributed by atoms with Crippen molar-refractivity contribution in [2.24, 2.45) is 5.92 Å². The zero-order chi connectivity index (χ0) is 13.9. The maximum Gasteiger partial charge on any atom is 0.229 e. The molecule has 0 aliphatic carbocycles. The predicted octanol–water partition coefficient (Wildman–Crippen LogP) is 2.75. The SMILES string of the molecule is CC(C)c1nc(C2CCCN2CC2CCNCC2)no1.Cl. The van der Waals surface area contributed by atoms with Crippen LogP contribution >= 0.6 is 12.4 Å². The second-order valence-corrected chi connectivity index (χ2v) is 6.49. The molecule has 1 unspecified atom stereocenters. The number of rotatable bonds is 4. The minimum absolute atomic E-state index is 0. The lowest BCUT2D eigenvalue weighted by atomic mass is 9.97. The van der Waals surface area contributed by atoms with E-state index in [1.54, 1.807) is 0 Å². The fourth-order valence-corrected chi connectivity index (χ4v) is 3.35. The summed E-state index contributed by atoms with van der Waals surface area (Å²) in [5.74, 6) is 2.82. The number of likely N-dealkylation sites (tertiary alicyclic amines) is 1. The third-order valence-corrected chi connectivity index (χ3v) is 4.56. The molecule has 6 heteroatoms. The first kappa shape index (κ1) is 16.7. The number of nitrogens with one attached hydrogen (secondary N) is 1. The number of piperidine rings is 1. The normalized spacial score (nSPS) is 24.4. The number of hydrogen-bond donors (Lipinski definition) is 1. The van der Waals surface area contributed by atoms with E-state index < -0.39 is 0 Å². The van der Waals surface area contributed by atoms with E-state index in [1.807, 2.05) is 0 Å². The van der Waals surface area contributed by atoms with E-state index in [-0.39, 0.29) is 12.4 Å². The summed E-state index contributed by atoms with van der Waals surface area (Å²) < 4.78 is 5.38. The van der Waals surface area contributed by atoms with Crippen LogP contribution in [0.4, 0.5) is 0 Å². The highest BCUT2D eigenvalue weighted by Crippen LogP contribution is 2.32. The third-order valence-electron chi connectivity index (χ3n) is 4.56. The van der Waals surface area contributed by atoms with Crippen molar-refractivity contribution in [2.75, 3.05) is 26.2 Å². The summed E-state index contributed by atoms with van der Waals surface area (Å²) in [6.45, 7) is 8.90. The van der Waals surface area contributed by atoms with Crippen molar-refractivity contribution in [1.29, 1.82) is 0 Å². The van der Waals surface area contributed by atoms with Crippen LogP contribution in [0.15, 0.2) is 4.52 Å². The Balaban J connectivity index is 0.00000161. The van der Waals surface area contributed by atoms with E-state index in [9.17, 15) is 0 Å². The van der Waals surface area contributed by atoms with E-state index in [2.05, 4.69) is 34.2 Å². The minimum Gasteiger partial charge on any atom is -0.339 e. The summed E-state index contributed by atoms with van der Waals surface area (Å²) in [4.78, 5) is 7.18. The molecule has 0 radical (unpaired) electrons. The number of nitrogens with zero attached hydrogens (tertiary/aromatic N) is 3. The molecule has 1 aromatic heterocycles. The lowest BCUT2D eigenvalue weighted by molar-refractivity contribution is 0.185. The Labute approximate surface area is 133 Å². The molecule has 1 N–H and O–H groups in total. The zero-order valence-electron chi connectivity index (χ0n) is 13.0. The van der Waals surface area contributed by atoms with Gasteiger partial charge in [-0.1, -0.05) is 19.0 Å². The molecule has 5 nitrogen and oxygen atoms in total. The van der Waals surface area contributed by atoms with E-state index in [1.165, 1.54) is 51.9 Å². The van der Waals surface area contributed by atoms with Crippen molar-refractivity contribution < 1.29 is 4.52 Å². The van der Waals surface area contributed by atoms with Gasteiger partial charge in [0.15, 0.2) is 5.82 Å². The van der Waals surface area contributed by atoms with Crippen LogP contribution in [0.1, 0.15) is 63.2 Å². The lowest BCUT2D eigenvalue weighted by Crippen LogP contribution is -2.36. The van der Waals surface area contributed by atoms with E-state index in [0.29, 0.717) is 12.0 Å². The summed E-state index contributed by atoms with van der Waals surface area (Å²) in [5.41, 5.74) is 0. The molecule has 2 aliphatic heterocycles. The van der Waals surface area contributed by atoms with Crippen LogP contribution in [0.5, 0.6) is 0 Å². The standard InChI is InChI=1S/C15H26N4O.ClH/c1-11(2)15-17-14(18-20-15)13-4-3-9-19(13)10-12-5-7-16-8-6-12;/h11-13,16H,3-10H2,1-2H3;1H. The molecule has 2 saturated heterocycles. The maximum atomic E-state index is 5.38. The predicted molar refractivity (Wildman–Crippen MR) is 84.8 cm³/mol. The van der Waals surface area contributed by atoms with Crippen molar-refractivity contribution in [3.63, 3.8) is 0 Å². The molecule has 0 spiro atoms. The summed E-state index contributed by atoms with van der Waals surface area (Å²) in [7, 11) is 0. The quantitative estimate of drug-likeness (QED) is 0.926. The molecule has 120 valence electrons. The van der Waals surface area contributed by atoms with E-state index in [0.717, 1.165) is 17.6 Å². The Morgan fingerprint density at radius 3 is 2.71 bits per heavy atom. The third kappa shape index (κ3) is 3.96. The maximum absolute atomic E-state index is 5.38. The Morgan fingerprint density at radius 2 is 2.05 bits per heavy atom. The van der Waals surface area contributed by atoms with Crippen molar-refractivity contribution in [3.8, 4) is 0 Å². The molecular formula is C15H27ClN4O. The largest absolute Gasteiger partial charge is 0.339 e.